The molecule has 1 atom stereocenters. The lowest BCUT2D eigenvalue weighted by Crippen LogP contribution is -2.05. The van der Waals surface area contributed by atoms with Crippen LogP contribution in [0.1, 0.15) is 103 Å². The first kappa shape index (κ1) is 19.9. The van der Waals surface area contributed by atoms with E-state index in [4.69, 9.17) is 5.11 Å². The summed E-state index contributed by atoms with van der Waals surface area (Å²) in [6.45, 7) is 2.57. The van der Waals surface area contributed by atoms with E-state index in [2.05, 4.69) is 6.92 Å². The van der Waals surface area contributed by atoms with E-state index in [1.54, 1.807) is 0 Å². The molecule has 0 aliphatic carbocycles. The predicted octanol–water partition coefficient (Wildman–Crippen LogP) is 5.21. The van der Waals surface area contributed by atoms with Crippen molar-refractivity contribution in [3.05, 3.63) is 0 Å². The first-order valence-electron chi connectivity index (χ1n) is 9.10. The van der Waals surface area contributed by atoms with Crippen LogP contribution in [0.5, 0.6) is 0 Å². The van der Waals surface area contributed by atoms with Crippen LogP contribution in [0.3, 0.4) is 0 Å². The average Bonchev–Trinajstić information content (AvgIpc) is 2.45. The Bertz CT molecular complexity index is 171. The second kappa shape index (κ2) is 17.0. The molecule has 0 aromatic rings. The number of aliphatic hydroxyl groups is 2. The third-order valence-electron chi connectivity index (χ3n) is 4.09. The highest BCUT2D eigenvalue weighted by Crippen LogP contribution is 2.14. The van der Waals surface area contributed by atoms with Crippen LogP contribution in [-0.4, -0.2) is 22.9 Å². The molecular formula is C18H38O2. The summed E-state index contributed by atoms with van der Waals surface area (Å²) < 4.78 is 0. The Morgan fingerprint density at radius 3 is 1.45 bits per heavy atom. The molecule has 0 spiro atoms. The quantitative estimate of drug-likeness (QED) is 0.382. The molecule has 0 bridgehead atoms. The van der Waals surface area contributed by atoms with E-state index >= 15 is 0 Å². The standard InChI is InChI=1S/C18H38O2/c1-2-3-4-12-15-18(20)16-13-10-8-6-5-7-9-11-14-17-19/h18-20H,2-17H2,1H3/t18-/m0/s1. The molecule has 0 amide bonds. The Labute approximate surface area is 127 Å². The van der Waals surface area contributed by atoms with Crippen molar-refractivity contribution in [1.82, 2.24) is 0 Å². The molecule has 0 saturated heterocycles. The van der Waals surface area contributed by atoms with Gasteiger partial charge in [-0.15, -0.1) is 0 Å². The van der Waals surface area contributed by atoms with E-state index in [1.807, 2.05) is 0 Å². The van der Waals surface area contributed by atoms with Crippen molar-refractivity contribution in [2.75, 3.05) is 6.61 Å². The van der Waals surface area contributed by atoms with E-state index in [0.29, 0.717) is 6.61 Å². The molecule has 2 N–H and O–H groups in total. The van der Waals surface area contributed by atoms with Crippen molar-refractivity contribution < 1.29 is 10.2 Å². The van der Waals surface area contributed by atoms with E-state index < -0.39 is 0 Å². The summed E-state index contributed by atoms with van der Waals surface area (Å²) in [5.74, 6) is 0. The fourth-order valence-electron chi connectivity index (χ4n) is 2.68. The molecule has 0 radical (unpaired) electrons. The van der Waals surface area contributed by atoms with Gasteiger partial charge in [-0.05, 0) is 19.3 Å². The number of hydrogen-bond acceptors (Lipinski definition) is 2. The van der Waals surface area contributed by atoms with Crippen molar-refractivity contribution in [3.8, 4) is 0 Å². The first-order valence-corrected chi connectivity index (χ1v) is 9.10. The zero-order valence-corrected chi connectivity index (χ0v) is 13.8. The minimum atomic E-state index is -0.0506. The Kier molecular flexibility index (Phi) is 16.9. The highest BCUT2D eigenvalue weighted by molar-refractivity contribution is 4.57. The highest BCUT2D eigenvalue weighted by Gasteiger charge is 2.03. The molecular weight excluding hydrogens is 248 g/mol. The molecule has 0 unspecified atom stereocenters. The third kappa shape index (κ3) is 16.0. The Morgan fingerprint density at radius 2 is 1.00 bits per heavy atom. The van der Waals surface area contributed by atoms with Crippen LogP contribution >= 0.6 is 0 Å². The fourth-order valence-corrected chi connectivity index (χ4v) is 2.68. The van der Waals surface area contributed by atoms with Crippen LogP contribution in [0, 0.1) is 0 Å². The van der Waals surface area contributed by atoms with Crippen molar-refractivity contribution in [1.29, 1.82) is 0 Å². The van der Waals surface area contributed by atoms with E-state index in [0.717, 1.165) is 19.3 Å². The van der Waals surface area contributed by atoms with Gasteiger partial charge < -0.3 is 10.2 Å². The van der Waals surface area contributed by atoms with Crippen LogP contribution in [0.2, 0.25) is 0 Å². The first-order chi connectivity index (χ1) is 9.81. The second-order valence-electron chi connectivity index (χ2n) is 6.20. The maximum atomic E-state index is 9.85. The minimum absolute atomic E-state index is 0.0506. The van der Waals surface area contributed by atoms with Crippen LogP contribution in [0.4, 0.5) is 0 Å². The van der Waals surface area contributed by atoms with Crippen LogP contribution in [0.25, 0.3) is 0 Å². The normalized spacial score (nSPS) is 12.8. The molecule has 122 valence electrons. The molecule has 0 aliphatic heterocycles. The number of rotatable bonds is 16. The minimum Gasteiger partial charge on any atom is -0.396 e. The number of unbranched alkanes of at least 4 members (excludes halogenated alkanes) is 11. The molecule has 0 heterocycles. The summed E-state index contributed by atoms with van der Waals surface area (Å²) in [6, 6.07) is 0. The van der Waals surface area contributed by atoms with Gasteiger partial charge in [0.15, 0.2) is 0 Å². The summed E-state index contributed by atoms with van der Waals surface area (Å²) in [4.78, 5) is 0. The van der Waals surface area contributed by atoms with Crippen molar-refractivity contribution in [2.24, 2.45) is 0 Å². The average molecular weight is 286 g/mol. The third-order valence-corrected chi connectivity index (χ3v) is 4.09. The molecule has 0 aliphatic rings. The lowest BCUT2D eigenvalue weighted by Gasteiger charge is -2.10. The van der Waals surface area contributed by atoms with Crippen molar-refractivity contribution >= 4 is 0 Å². The fraction of sp³-hybridized carbons (Fsp3) is 1.00. The van der Waals surface area contributed by atoms with E-state index in [9.17, 15) is 5.11 Å². The van der Waals surface area contributed by atoms with E-state index in [-0.39, 0.29) is 6.10 Å². The summed E-state index contributed by atoms with van der Waals surface area (Å²) in [7, 11) is 0. The molecule has 0 rings (SSSR count). The molecule has 2 heteroatoms. The molecule has 0 aromatic heterocycles. The van der Waals surface area contributed by atoms with Gasteiger partial charge >= 0.3 is 0 Å². The van der Waals surface area contributed by atoms with Gasteiger partial charge in [-0.2, -0.15) is 0 Å². The Balaban J connectivity index is 3.07. The number of hydrogen-bond donors (Lipinski definition) is 2. The molecule has 2 nitrogen and oxygen atoms in total. The SMILES string of the molecule is CCCCCC[C@H](O)CCCCCCCCCCCO. The van der Waals surface area contributed by atoms with Gasteiger partial charge in [-0.1, -0.05) is 84.0 Å². The molecule has 0 fully saturated rings. The summed E-state index contributed by atoms with van der Waals surface area (Å²) >= 11 is 0. The molecule has 0 saturated carbocycles. The predicted molar refractivity (Wildman–Crippen MR) is 88.0 cm³/mol. The maximum Gasteiger partial charge on any atom is 0.0540 e. The van der Waals surface area contributed by atoms with Crippen LogP contribution in [0.15, 0.2) is 0 Å². The largest absolute Gasteiger partial charge is 0.396 e. The zero-order chi connectivity index (χ0) is 14.9. The van der Waals surface area contributed by atoms with Gasteiger partial charge in [-0.3, -0.25) is 0 Å². The lowest BCUT2D eigenvalue weighted by atomic mass is 10.0. The smallest absolute Gasteiger partial charge is 0.0540 e. The van der Waals surface area contributed by atoms with Crippen molar-refractivity contribution in [2.45, 2.75) is 109 Å². The Morgan fingerprint density at radius 1 is 0.600 bits per heavy atom. The highest BCUT2D eigenvalue weighted by atomic mass is 16.3. The Hall–Kier alpha value is -0.0800. The monoisotopic (exact) mass is 286 g/mol. The van der Waals surface area contributed by atoms with Crippen LogP contribution in [-0.2, 0) is 0 Å². The van der Waals surface area contributed by atoms with Gasteiger partial charge in [0.25, 0.3) is 0 Å². The van der Waals surface area contributed by atoms with Gasteiger partial charge in [0.1, 0.15) is 0 Å². The van der Waals surface area contributed by atoms with Crippen molar-refractivity contribution in [3.63, 3.8) is 0 Å². The van der Waals surface area contributed by atoms with Gasteiger partial charge in [-0.25, -0.2) is 0 Å². The lowest BCUT2D eigenvalue weighted by molar-refractivity contribution is 0.147. The summed E-state index contributed by atoms with van der Waals surface area (Å²) in [6.07, 6.45) is 18.2. The van der Waals surface area contributed by atoms with Gasteiger partial charge in [0.05, 0.1) is 6.10 Å². The maximum absolute atomic E-state index is 9.85. The van der Waals surface area contributed by atoms with Crippen LogP contribution < -0.4 is 0 Å². The molecule has 20 heavy (non-hydrogen) atoms. The molecule has 0 aromatic carbocycles. The zero-order valence-electron chi connectivity index (χ0n) is 13.8. The van der Waals surface area contributed by atoms with Gasteiger partial charge in [0, 0.05) is 6.61 Å². The summed E-state index contributed by atoms with van der Waals surface area (Å²) in [5, 5.41) is 18.5. The van der Waals surface area contributed by atoms with E-state index in [1.165, 1.54) is 77.0 Å². The number of aliphatic hydroxyl groups excluding tert-OH is 2. The van der Waals surface area contributed by atoms with Gasteiger partial charge in [0.2, 0.25) is 0 Å². The summed E-state index contributed by atoms with van der Waals surface area (Å²) in [5.41, 5.74) is 0. The second-order valence-corrected chi connectivity index (χ2v) is 6.20. The topological polar surface area (TPSA) is 40.5 Å².